The minimum atomic E-state index is -3.04. The predicted molar refractivity (Wildman–Crippen MR) is 57.2 cm³/mol. The van der Waals surface area contributed by atoms with Crippen molar-refractivity contribution in [3.8, 4) is 0 Å². The fourth-order valence-electron chi connectivity index (χ4n) is 2.67. The van der Waals surface area contributed by atoms with Gasteiger partial charge in [-0.15, -0.1) is 0 Å². The Hall–Kier alpha value is -0.580. The zero-order chi connectivity index (χ0) is 10.9. The number of hydrogen-bond donors (Lipinski definition) is 1. The average molecular weight is 231 g/mol. The van der Waals surface area contributed by atoms with Crippen molar-refractivity contribution in [3.05, 3.63) is 0 Å². The maximum Gasteiger partial charge on any atom is 0.227 e. The van der Waals surface area contributed by atoms with E-state index in [0.29, 0.717) is 0 Å². The number of carbonyl (C=O) groups excluding carboxylic acids is 1. The highest BCUT2D eigenvalue weighted by molar-refractivity contribution is 7.91. The molecule has 1 aliphatic carbocycles. The molecular weight excluding hydrogens is 214 g/mol. The molecule has 0 aromatic heterocycles. The van der Waals surface area contributed by atoms with Gasteiger partial charge in [-0.05, 0) is 12.8 Å². The van der Waals surface area contributed by atoms with Crippen LogP contribution in [-0.4, -0.2) is 32.4 Å². The Kier molecular flexibility index (Phi) is 2.75. The Morgan fingerprint density at radius 2 is 1.80 bits per heavy atom. The third kappa shape index (κ3) is 2.17. The van der Waals surface area contributed by atoms with Crippen molar-refractivity contribution >= 4 is 15.7 Å². The van der Waals surface area contributed by atoms with E-state index < -0.39 is 15.3 Å². The van der Waals surface area contributed by atoms with Crippen LogP contribution >= 0.6 is 0 Å². The summed E-state index contributed by atoms with van der Waals surface area (Å²) in [7, 11) is -3.04. The highest BCUT2D eigenvalue weighted by Crippen LogP contribution is 2.38. The molecule has 0 aromatic carbocycles. The van der Waals surface area contributed by atoms with E-state index in [0.717, 1.165) is 32.1 Å². The summed E-state index contributed by atoms with van der Waals surface area (Å²) in [5, 5.41) is 2.74. The molecule has 0 aromatic rings. The maximum atomic E-state index is 11.9. The van der Waals surface area contributed by atoms with Crippen molar-refractivity contribution < 1.29 is 13.2 Å². The molecule has 2 fully saturated rings. The summed E-state index contributed by atoms with van der Waals surface area (Å²) in [5.74, 6) is 0.120. The van der Waals surface area contributed by atoms with Crippen LogP contribution in [0.4, 0.5) is 0 Å². The van der Waals surface area contributed by atoms with Gasteiger partial charge in [0.2, 0.25) is 5.91 Å². The lowest BCUT2D eigenvalue weighted by molar-refractivity contribution is -0.131. The van der Waals surface area contributed by atoms with E-state index in [2.05, 4.69) is 5.32 Å². The number of amides is 1. The van der Waals surface area contributed by atoms with E-state index in [1.807, 2.05) is 0 Å². The van der Waals surface area contributed by atoms with Crippen LogP contribution in [0.5, 0.6) is 0 Å². The van der Waals surface area contributed by atoms with Gasteiger partial charge in [-0.25, -0.2) is 8.42 Å². The smallest absolute Gasteiger partial charge is 0.227 e. The van der Waals surface area contributed by atoms with E-state index in [1.165, 1.54) is 0 Å². The van der Waals surface area contributed by atoms with Gasteiger partial charge in [0.25, 0.3) is 0 Å². The SMILES string of the molecule is O=C1NCCS(=O)(=O)CC12CCCCC2. The molecule has 1 N–H and O–H groups in total. The summed E-state index contributed by atoms with van der Waals surface area (Å²) in [5.41, 5.74) is -0.604. The van der Waals surface area contributed by atoms with Gasteiger partial charge >= 0.3 is 0 Å². The number of rotatable bonds is 0. The Balaban J connectivity index is 2.29. The summed E-state index contributed by atoms with van der Waals surface area (Å²) in [6.45, 7) is 0.281. The Labute approximate surface area is 90.3 Å². The van der Waals surface area contributed by atoms with Gasteiger partial charge in [-0.3, -0.25) is 4.79 Å². The van der Waals surface area contributed by atoms with Gasteiger partial charge in [-0.1, -0.05) is 19.3 Å². The minimum absolute atomic E-state index is 0.0386. The molecular formula is C10H17NO3S. The molecule has 1 heterocycles. The Bertz CT molecular complexity index is 355. The van der Waals surface area contributed by atoms with Gasteiger partial charge in [0, 0.05) is 6.54 Å². The lowest BCUT2D eigenvalue weighted by atomic mass is 9.75. The summed E-state index contributed by atoms with van der Waals surface area (Å²) in [6.07, 6.45) is 4.54. The Morgan fingerprint density at radius 1 is 1.13 bits per heavy atom. The van der Waals surface area contributed by atoms with Crippen LogP contribution in [0.25, 0.3) is 0 Å². The molecule has 1 aliphatic heterocycles. The molecule has 2 rings (SSSR count). The molecule has 1 amide bonds. The molecule has 15 heavy (non-hydrogen) atoms. The molecule has 0 radical (unpaired) electrons. The van der Waals surface area contributed by atoms with E-state index >= 15 is 0 Å². The molecule has 4 nitrogen and oxygen atoms in total. The second kappa shape index (κ2) is 3.77. The van der Waals surface area contributed by atoms with E-state index in [9.17, 15) is 13.2 Å². The monoisotopic (exact) mass is 231 g/mol. The first-order chi connectivity index (χ1) is 7.04. The first-order valence-electron chi connectivity index (χ1n) is 5.53. The van der Waals surface area contributed by atoms with Crippen LogP contribution in [0.3, 0.4) is 0 Å². The topological polar surface area (TPSA) is 63.2 Å². The molecule has 2 aliphatic rings. The van der Waals surface area contributed by atoms with Crippen molar-refractivity contribution in [1.82, 2.24) is 5.32 Å². The van der Waals surface area contributed by atoms with Crippen molar-refractivity contribution in [2.45, 2.75) is 32.1 Å². The highest BCUT2D eigenvalue weighted by Gasteiger charge is 2.44. The van der Waals surface area contributed by atoms with E-state index in [-0.39, 0.29) is 24.0 Å². The van der Waals surface area contributed by atoms with Crippen molar-refractivity contribution in [2.24, 2.45) is 5.41 Å². The molecule has 0 atom stereocenters. The van der Waals surface area contributed by atoms with Gasteiger partial charge < -0.3 is 5.32 Å². The van der Waals surface area contributed by atoms with Crippen LogP contribution < -0.4 is 5.32 Å². The standard InChI is InChI=1S/C10H17NO3S/c12-9-10(4-2-1-3-5-10)8-15(13,14)7-6-11-9/h1-8H2,(H,11,12). The predicted octanol–water partition coefficient (Wildman–Crippen LogP) is 0.481. The normalized spacial score (nSPS) is 29.5. The number of carbonyl (C=O) groups is 1. The fourth-order valence-corrected chi connectivity index (χ4v) is 4.49. The fraction of sp³-hybridized carbons (Fsp3) is 0.900. The summed E-state index contributed by atoms with van der Waals surface area (Å²) in [6, 6.07) is 0. The van der Waals surface area contributed by atoms with E-state index in [1.54, 1.807) is 0 Å². The third-order valence-electron chi connectivity index (χ3n) is 3.49. The molecule has 1 saturated carbocycles. The van der Waals surface area contributed by atoms with Crippen LogP contribution in [0.2, 0.25) is 0 Å². The second-order valence-corrected chi connectivity index (χ2v) is 6.87. The first-order valence-corrected chi connectivity index (χ1v) is 7.35. The van der Waals surface area contributed by atoms with Crippen molar-refractivity contribution in [2.75, 3.05) is 18.1 Å². The lowest BCUT2D eigenvalue weighted by Crippen LogP contribution is -2.43. The zero-order valence-electron chi connectivity index (χ0n) is 8.79. The highest BCUT2D eigenvalue weighted by atomic mass is 32.2. The summed E-state index contributed by atoms with van der Waals surface area (Å²) >= 11 is 0. The van der Waals surface area contributed by atoms with Crippen molar-refractivity contribution in [1.29, 1.82) is 0 Å². The lowest BCUT2D eigenvalue weighted by Gasteiger charge is -2.33. The maximum absolute atomic E-state index is 11.9. The van der Waals surface area contributed by atoms with Gasteiger partial charge in [0.1, 0.15) is 0 Å². The molecule has 0 unspecified atom stereocenters. The van der Waals surface area contributed by atoms with Gasteiger partial charge in [0.15, 0.2) is 9.84 Å². The zero-order valence-corrected chi connectivity index (χ0v) is 9.61. The number of hydrogen-bond acceptors (Lipinski definition) is 3. The van der Waals surface area contributed by atoms with Crippen LogP contribution in [0.1, 0.15) is 32.1 Å². The average Bonchev–Trinajstić information content (AvgIpc) is 2.26. The molecule has 1 saturated heterocycles. The van der Waals surface area contributed by atoms with Gasteiger partial charge in [0.05, 0.1) is 16.9 Å². The van der Waals surface area contributed by atoms with Crippen LogP contribution in [0.15, 0.2) is 0 Å². The number of nitrogens with one attached hydrogen (secondary N) is 1. The minimum Gasteiger partial charge on any atom is -0.355 e. The van der Waals surface area contributed by atoms with E-state index in [4.69, 9.17) is 0 Å². The summed E-state index contributed by atoms with van der Waals surface area (Å²) < 4.78 is 23.4. The molecule has 5 heteroatoms. The van der Waals surface area contributed by atoms with Gasteiger partial charge in [-0.2, -0.15) is 0 Å². The second-order valence-electron chi connectivity index (χ2n) is 4.69. The largest absolute Gasteiger partial charge is 0.355 e. The first kappa shape index (κ1) is 10.9. The summed E-state index contributed by atoms with van der Waals surface area (Å²) in [4.78, 5) is 11.9. The molecule has 86 valence electrons. The molecule has 1 spiro atoms. The Morgan fingerprint density at radius 3 is 2.47 bits per heavy atom. The molecule has 0 bridgehead atoms. The quantitative estimate of drug-likeness (QED) is 0.659. The van der Waals surface area contributed by atoms with Crippen LogP contribution in [0, 0.1) is 5.41 Å². The third-order valence-corrected chi connectivity index (χ3v) is 5.31. The van der Waals surface area contributed by atoms with Crippen molar-refractivity contribution in [3.63, 3.8) is 0 Å². The number of sulfone groups is 1. The van der Waals surface area contributed by atoms with Crippen LogP contribution in [-0.2, 0) is 14.6 Å².